The van der Waals surface area contributed by atoms with Gasteiger partial charge in [0.1, 0.15) is 27.7 Å². The largest absolute Gasteiger partial charge is 0.371 e. The van der Waals surface area contributed by atoms with E-state index in [-0.39, 0.29) is 5.91 Å². The number of hydrogen-bond acceptors (Lipinski definition) is 4. The maximum Gasteiger partial charge on any atom is 0.223 e. The number of rotatable bonds is 1. The minimum absolute atomic E-state index is 0.132. The summed E-state index contributed by atoms with van der Waals surface area (Å²) in [6.45, 7) is 20.9. The summed E-state index contributed by atoms with van der Waals surface area (Å²) >= 11 is 0. The second-order valence-electron chi connectivity index (χ2n) is 23.0. The molecule has 3 aromatic rings. The Morgan fingerprint density at radius 3 is 1.61 bits per heavy atom. The molecule has 1 aliphatic carbocycles. The topological polar surface area (TPSA) is 47.0 Å². The van der Waals surface area contributed by atoms with Crippen LogP contribution in [0.15, 0.2) is 46.2 Å². The Kier molecular flexibility index (Phi) is 9.80. The van der Waals surface area contributed by atoms with E-state index in [0.717, 1.165) is 25.8 Å². The molecule has 3 aromatic carbocycles. The Morgan fingerprint density at radius 1 is 0.642 bits per heavy atom. The highest BCUT2D eigenvalue weighted by Crippen LogP contribution is 2.52. The summed E-state index contributed by atoms with van der Waals surface area (Å²) in [4.78, 5) is 26.8. The van der Waals surface area contributed by atoms with Crippen LogP contribution in [-0.4, -0.2) is 103 Å². The van der Waals surface area contributed by atoms with E-state index in [1.807, 2.05) is 11.9 Å². The monoisotopic (exact) mass is 926 g/mol. The number of nitrogens with zero attached hydrogens (tertiary/aromatic N) is 5. The molecule has 1 fully saturated rings. The van der Waals surface area contributed by atoms with Gasteiger partial charge in [-0.25, -0.2) is 4.99 Å². The molecule has 0 spiro atoms. The lowest BCUT2D eigenvalue weighted by atomic mass is 9.79. The number of nitrogens with one attached hydrogen (secondary N) is 1. The van der Waals surface area contributed by atoms with Crippen molar-refractivity contribution in [2.45, 2.75) is 136 Å². The van der Waals surface area contributed by atoms with E-state index in [1.54, 1.807) is 89.3 Å². The number of hydrogen-bond donors (Lipinski definition) is 1. The SMILES string of the molecule is CC(=O)N(C)C1=C2C=C3CCC=[N+]4CCCC(=C2[Si](C)(C)c2c1cc1c5c2CCCN5CCC1)[C-]34.C[NH+]=C1c2cc3c4c(c2[Si](C)(C)c2c1cc1c5c2CCCN5CCC1)CCCN4CCC3. The molecule has 0 saturated carbocycles. The van der Waals surface area contributed by atoms with E-state index < -0.39 is 16.1 Å². The number of amides is 1. The third-order valence-electron chi connectivity index (χ3n) is 18.5. The minimum atomic E-state index is -2.02. The summed E-state index contributed by atoms with van der Waals surface area (Å²) in [5.74, 6) is 0.132. The zero-order valence-electron chi connectivity index (χ0n) is 41.8. The van der Waals surface area contributed by atoms with Crippen molar-refractivity contribution in [1.82, 2.24) is 4.90 Å². The number of aryl methyl sites for hydroxylation is 3. The van der Waals surface area contributed by atoms with Gasteiger partial charge in [-0.3, -0.25) is 9.37 Å². The summed E-state index contributed by atoms with van der Waals surface area (Å²) < 4.78 is 2.56. The Balaban J connectivity index is 0.000000134. The van der Waals surface area contributed by atoms with Gasteiger partial charge in [0.25, 0.3) is 0 Å². The Bertz CT molecular complexity index is 2800. The predicted octanol–water partition coefficient (Wildman–Crippen LogP) is 6.25. The normalized spacial score (nSPS) is 22.9. The van der Waals surface area contributed by atoms with Gasteiger partial charge in [-0.05, 0) is 164 Å². The van der Waals surface area contributed by atoms with Crippen LogP contribution >= 0.6 is 0 Å². The standard InChI is InChI=1S/C30H37N3OSi.C28H35N3Si/c1-19(34)31(2)28-24-17-20-9-5-13-32-15-7-11-22(26(20)32)29(24)35(3,4)30-23-12-8-16-33-14-6-10-21(27(23)33)18-25(28)30;1-29-24-22-16-18-8-4-12-30-14-6-10-20(25(18)30)27(22)32(2,3)28-21-11-7-15-31-13-5-9-19(26(21)31)17-23(24)28/h13,17-18H,5-12,14-16H2,1-4H3;16-17H,4-15H2,1-3H3/p+1. The number of carbonyl (C=O) groups excluding carboxylic acids is 1. The van der Waals surface area contributed by atoms with E-state index in [4.69, 9.17) is 0 Å². The van der Waals surface area contributed by atoms with Crippen molar-refractivity contribution in [3.63, 3.8) is 0 Å². The first-order valence-electron chi connectivity index (χ1n) is 26.8. The average molecular weight is 926 g/mol. The first-order valence-corrected chi connectivity index (χ1v) is 32.8. The van der Waals surface area contributed by atoms with Gasteiger partial charge in [0.05, 0.1) is 14.3 Å². The zero-order valence-corrected chi connectivity index (χ0v) is 43.8. The van der Waals surface area contributed by atoms with Gasteiger partial charge < -0.3 is 19.6 Å². The smallest absolute Gasteiger partial charge is 0.223 e. The second kappa shape index (κ2) is 15.4. The minimum Gasteiger partial charge on any atom is -0.371 e. The summed E-state index contributed by atoms with van der Waals surface area (Å²) in [5.41, 5.74) is 26.3. The van der Waals surface area contributed by atoms with E-state index in [2.05, 4.69) is 88.0 Å². The molecule has 67 heavy (non-hydrogen) atoms. The number of fused-ring (bicyclic) bond motifs is 7. The molecule has 7 nitrogen and oxygen atoms in total. The molecule has 1 amide bonds. The van der Waals surface area contributed by atoms with Crippen LogP contribution in [0.2, 0.25) is 26.2 Å². The Hall–Kier alpha value is -4.61. The summed E-state index contributed by atoms with van der Waals surface area (Å²) in [6, 6.07) is 9.27. The zero-order chi connectivity index (χ0) is 45.7. The number of piperidine rings is 1. The third-order valence-corrected chi connectivity index (χ3v) is 25.8. The summed E-state index contributed by atoms with van der Waals surface area (Å²) in [6.07, 6.45) is 24.7. The summed E-state index contributed by atoms with van der Waals surface area (Å²) in [7, 11) is 0.305. The quantitative estimate of drug-likeness (QED) is 0.178. The van der Waals surface area contributed by atoms with Crippen LogP contribution in [0.1, 0.15) is 121 Å². The van der Waals surface area contributed by atoms with Crippen LogP contribution in [-0.2, 0) is 43.3 Å². The van der Waals surface area contributed by atoms with Gasteiger partial charge in [-0.2, -0.15) is 0 Å². The van der Waals surface area contributed by atoms with Gasteiger partial charge in [-0.15, -0.1) is 11.3 Å². The number of anilines is 3. The maximum atomic E-state index is 12.9. The summed E-state index contributed by atoms with van der Waals surface area (Å²) in [5, 5.41) is 6.79. The van der Waals surface area contributed by atoms with E-state index >= 15 is 0 Å². The van der Waals surface area contributed by atoms with Crippen molar-refractivity contribution >= 4 is 72.3 Å². The molecule has 10 aliphatic heterocycles. The molecule has 9 heteroatoms. The van der Waals surface area contributed by atoms with Gasteiger partial charge in [0.15, 0.2) is 0 Å². The molecule has 14 rings (SSSR count). The molecule has 0 aromatic heterocycles. The fraction of sp³-hybridized carbons (Fsp3) is 0.517. The van der Waals surface area contributed by atoms with Crippen molar-refractivity contribution in [3.05, 3.63) is 102 Å². The number of carbonyl (C=O) groups is 1. The average Bonchev–Trinajstić information content (AvgIpc) is 3.32. The highest BCUT2D eigenvalue weighted by molar-refractivity contribution is 7.03. The molecule has 0 bridgehead atoms. The molecule has 11 aliphatic rings. The van der Waals surface area contributed by atoms with Crippen LogP contribution in [0.25, 0.3) is 5.70 Å². The van der Waals surface area contributed by atoms with Crippen LogP contribution < -0.4 is 35.3 Å². The molecule has 348 valence electrons. The second-order valence-corrected chi connectivity index (χ2v) is 31.5. The van der Waals surface area contributed by atoms with Gasteiger partial charge in [-0.1, -0.05) is 48.1 Å². The molecular weight excluding hydrogens is 853 g/mol. The van der Waals surface area contributed by atoms with Crippen LogP contribution in [0.3, 0.4) is 0 Å². The van der Waals surface area contributed by atoms with Gasteiger partial charge >= 0.3 is 0 Å². The first-order chi connectivity index (χ1) is 32.5. The van der Waals surface area contributed by atoms with Crippen LogP contribution in [0.5, 0.6) is 0 Å². The van der Waals surface area contributed by atoms with Crippen LogP contribution in [0.4, 0.5) is 17.1 Å². The fourth-order valence-electron chi connectivity index (χ4n) is 16.2. The van der Waals surface area contributed by atoms with E-state index in [1.165, 1.54) is 162 Å². The van der Waals surface area contributed by atoms with Gasteiger partial charge in [0.2, 0.25) is 11.6 Å². The predicted molar refractivity (Wildman–Crippen MR) is 283 cm³/mol. The first kappa shape index (κ1) is 42.5. The highest BCUT2D eigenvalue weighted by atomic mass is 28.3. The fourth-order valence-corrected chi connectivity index (χ4v) is 24.2. The maximum absolute atomic E-state index is 12.9. The Morgan fingerprint density at radius 2 is 1.12 bits per heavy atom. The molecule has 0 unspecified atom stereocenters. The van der Waals surface area contributed by atoms with Gasteiger partial charge in [0, 0.05) is 93.5 Å². The number of benzene rings is 3. The van der Waals surface area contributed by atoms with Crippen molar-refractivity contribution in [2.24, 2.45) is 0 Å². The lowest BCUT2D eigenvalue weighted by Gasteiger charge is -2.51. The molecule has 1 N–H and O–H groups in total. The molecule has 0 atom stereocenters. The van der Waals surface area contributed by atoms with Crippen molar-refractivity contribution in [3.8, 4) is 0 Å². The highest BCUT2D eigenvalue weighted by Gasteiger charge is 2.49. The Labute approximate surface area is 402 Å². The van der Waals surface area contributed by atoms with Crippen molar-refractivity contribution in [1.29, 1.82) is 0 Å². The van der Waals surface area contributed by atoms with Crippen molar-refractivity contribution in [2.75, 3.05) is 74.6 Å². The van der Waals surface area contributed by atoms with E-state index in [0.29, 0.717) is 0 Å². The third kappa shape index (κ3) is 6.04. The lowest BCUT2D eigenvalue weighted by Crippen LogP contribution is -2.74. The molecule has 10 heterocycles. The molecule has 1 saturated heterocycles. The molecular formula is C58H73N6OSi2+. The number of allylic oxidation sites excluding steroid dienone is 3. The molecule has 0 radical (unpaired) electrons. The van der Waals surface area contributed by atoms with Crippen LogP contribution in [0, 0.1) is 6.04 Å². The lowest BCUT2D eigenvalue weighted by molar-refractivity contribution is -0.508. The van der Waals surface area contributed by atoms with E-state index in [9.17, 15) is 4.79 Å². The van der Waals surface area contributed by atoms with Crippen molar-refractivity contribution < 1.29 is 14.4 Å².